The van der Waals surface area contributed by atoms with Gasteiger partial charge in [0, 0.05) is 36.1 Å². The second kappa shape index (κ2) is 6.26. The van der Waals surface area contributed by atoms with Gasteiger partial charge in [0.15, 0.2) is 0 Å². The van der Waals surface area contributed by atoms with Crippen LogP contribution >= 0.6 is 11.3 Å². The number of thiazole rings is 1. The molecule has 2 aromatic rings. The third-order valence-corrected chi connectivity index (χ3v) is 4.47. The average Bonchev–Trinajstić information content (AvgIpc) is 3.22. The summed E-state index contributed by atoms with van der Waals surface area (Å²) in [5.74, 6) is 0.879. The number of hydrogen-bond acceptors (Lipinski definition) is 4. The van der Waals surface area contributed by atoms with Gasteiger partial charge in [-0.2, -0.15) is 0 Å². The zero-order valence-electron chi connectivity index (χ0n) is 12.0. The van der Waals surface area contributed by atoms with Crippen molar-refractivity contribution in [2.75, 3.05) is 13.7 Å². The van der Waals surface area contributed by atoms with E-state index in [4.69, 9.17) is 4.74 Å². The lowest BCUT2D eigenvalue weighted by molar-refractivity contribution is 0.0745. The van der Waals surface area contributed by atoms with Crippen LogP contribution in [0, 0.1) is 0 Å². The van der Waals surface area contributed by atoms with Crippen LogP contribution in [0.15, 0.2) is 35.8 Å². The van der Waals surface area contributed by atoms with Gasteiger partial charge >= 0.3 is 0 Å². The van der Waals surface area contributed by atoms with Crippen LogP contribution in [0.1, 0.15) is 28.2 Å². The van der Waals surface area contributed by atoms with E-state index in [2.05, 4.69) is 4.98 Å². The van der Waals surface area contributed by atoms with E-state index in [1.807, 2.05) is 40.7 Å². The molecule has 0 saturated heterocycles. The van der Waals surface area contributed by atoms with Gasteiger partial charge in [-0.05, 0) is 37.1 Å². The Hall–Kier alpha value is -1.88. The molecule has 0 N–H and O–H groups in total. The fraction of sp³-hybridized carbons (Fsp3) is 0.375. The van der Waals surface area contributed by atoms with E-state index in [9.17, 15) is 4.79 Å². The minimum absolute atomic E-state index is 0.108. The summed E-state index contributed by atoms with van der Waals surface area (Å²) in [5, 5.41) is 3.06. The lowest BCUT2D eigenvalue weighted by Gasteiger charge is -2.22. The van der Waals surface area contributed by atoms with Crippen molar-refractivity contribution in [2.24, 2.45) is 0 Å². The summed E-state index contributed by atoms with van der Waals surface area (Å²) in [5.41, 5.74) is 0.724. The van der Waals surface area contributed by atoms with Crippen molar-refractivity contribution < 1.29 is 9.53 Å². The molecule has 0 unspecified atom stereocenters. The first-order chi connectivity index (χ1) is 10.3. The standard InChI is InChI=1S/C16H18N2O2S/c1-20-14-6-2-12(3-7-14)16(19)18(13-4-5-13)10-8-15-17-9-11-21-15/h2-3,6-7,9,11,13H,4-5,8,10H2,1H3. The third kappa shape index (κ3) is 3.42. The Morgan fingerprint density at radius 3 is 2.71 bits per heavy atom. The van der Waals surface area contributed by atoms with E-state index in [1.165, 1.54) is 0 Å². The summed E-state index contributed by atoms with van der Waals surface area (Å²) < 4.78 is 5.13. The molecule has 0 radical (unpaired) electrons. The molecule has 110 valence electrons. The van der Waals surface area contributed by atoms with Crippen LogP contribution in [0.5, 0.6) is 5.75 Å². The van der Waals surface area contributed by atoms with Crippen LogP contribution in [0.25, 0.3) is 0 Å². The van der Waals surface area contributed by atoms with Crippen LogP contribution in [-0.2, 0) is 6.42 Å². The predicted octanol–water partition coefficient (Wildman–Crippen LogP) is 3.00. The molecule has 1 fully saturated rings. The van der Waals surface area contributed by atoms with Crippen molar-refractivity contribution in [1.82, 2.24) is 9.88 Å². The molecule has 0 bridgehead atoms. The van der Waals surface area contributed by atoms with Crippen LogP contribution in [0.2, 0.25) is 0 Å². The summed E-state index contributed by atoms with van der Waals surface area (Å²) in [6.45, 7) is 0.739. The molecule has 21 heavy (non-hydrogen) atoms. The Bertz CT molecular complexity index is 591. The van der Waals surface area contributed by atoms with Gasteiger partial charge in [-0.25, -0.2) is 4.98 Å². The van der Waals surface area contributed by atoms with E-state index in [1.54, 1.807) is 18.4 Å². The molecule has 1 aromatic heterocycles. The Morgan fingerprint density at radius 2 is 2.14 bits per heavy atom. The fourth-order valence-electron chi connectivity index (χ4n) is 2.33. The van der Waals surface area contributed by atoms with Gasteiger partial charge in [-0.15, -0.1) is 11.3 Å². The number of carbonyl (C=O) groups excluding carboxylic acids is 1. The maximum absolute atomic E-state index is 12.7. The highest BCUT2D eigenvalue weighted by atomic mass is 32.1. The van der Waals surface area contributed by atoms with Crippen molar-refractivity contribution in [2.45, 2.75) is 25.3 Å². The number of methoxy groups -OCH3 is 1. The molecule has 1 amide bonds. The van der Waals surface area contributed by atoms with E-state index in [0.717, 1.165) is 42.1 Å². The van der Waals surface area contributed by atoms with E-state index >= 15 is 0 Å². The van der Waals surface area contributed by atoms with Crippen LogP contribution in [0.4, 0.5) is 0 Å². The first-order valence-corrected chi connectivity index (χ1v) is 7.99. The van der Waals surface area contributed by atoms with Gasteiger partial charge in [0.1, 0.15) is 5.75 Å². The molecule has 0 spiro atoms. The molecule has 1 heterocycles. The number of ether oxygens (including phenoxy) is 1. The Labute approximate surface area is 128 Å². The number of nitrogens with zero attached hydrogens (tertiary/aromatic N) is 2. The minimum Gasteiger partial charge on any atom is -0.497 e. The Kier molecular flexibility index (Phi) is 4.20. The van der Waals surface area contributed by atoms with Gasteiger partial charge in [0.2, 0.25) is 0 Å². The van der Waals surface area contributed by atoms with Crippen molar-refractivity contribution in [3.8, 4) is 5.75 Å². The smallest absolute Gasteiger partial charge is 0.254 e. The van der Waals surface area contributed by atoms with Gasteiger partial charge < -0.3 is 9.64 Å². The zero-order valence-corrected chi connectivity index (χ0v) is 12.8. The zero-order chi connectivity index (χ0) is 14.7. The molecule has 5 heteroatoms. The first kappa shape index (κ1) is 14.1. The molecule has 1 saturated carbocycles. The predicted molar refractivity (Wildman–Crippen MR) is 82.9 cm³/mol. The van der Waals surface area contributed by atoms with Crippen molar-refractivity contribution in [3.05, 3.63) is 46.4 Å². The summed E-state index contributed by atoms with van der Waals surface area (Å²) in [7, 11) is 1.63. The highest BCUT2D eigenvalue weighted by molar-refractivity contribution is 7.09. The summed E-state index contributed by atoms with van der Waals surface area (Å²) in [6, 6.07) is 7.73. The second-order valence-corrected chi connectivity index (χ2v) is 6.11. The van der Waals surface area contributed by atoms with Crippen LogP contribution < -0.4 is 4.74 Å². The normalized spacial score (nSPS) is 14.0. The van der Waals surface area contributed by atoms with Crippen molar-refractivity contribution in [1.29, 1.82) is 0 Å². The van der Waals surface area contributed by atoms with Gasteiger partial charge in [0.25, 0.3) is 5.91 Å². The number of aromatic nitrogens is 1. The van der Waals surface area contributed by atoms with Crippen molar-refractivity contribution >= 4 is 17.2 Å². The first-order valence-electron chi connectivity index (χ1n) is 7.11. The summed E-state index contributed by atoms with van der Waals surface area (Å²) in [6.07, 6.45) is 4.86. The second-order valence-electron chi connectivity index (χ2n) is 5.13. The van der Waals surface area contributed by atoms with E-state index < -0.39 is 0 Å². The molecule has 0 atom stereocenters. The highest BCUT2D eigenvalue weighted by Gasteiger charge is 2.32. The number of benzene rings is 1. The lowest BCUT2D eigenvalue weighted by Crippen LogP contribution is -2.34. The van der Waals surface area contributed by atoms with Crippen molar-refractivity contribution in [3.63, 3.8) is 0 Å². The molecule has 1 aliphatic rings. The van der Waals surface area contributed by atoms with Crippen LogP contribution in [-0.4, -0.2) is 35.5 Å². The third-order valence-electron chi connectivity index (χ3n) is 3.64. The summed E-state index contributed by atoms with van der Waals surface area (Å²) in [4.78, 5) is 18.9. The number of amides is 1. The molecular formula is C16H18N2O2S. The maximum atomic E-state index is 12.7. The monoisotopic (exact) mass is 302 g/mol. The quantitative estimate of drug-likeness (QED) is 0.824. The summed E-state index contributed by atoms with van der Waals surface area (Å²) >= 11 is 1.64. The Morgan fingerprint density at radius 1 is 1.38 bits per heavy atom. The van der Waals surface area contributed by atoms with Gasteiger partial charge in [-0.3, -0.25) is 4.79 Å². The maximum Gasteiger partial charge on any atom is 0.254 e. The lowest BCUT2D eigenvalue weighted by atomic mass is 10.2. The fourth-order valence-corrected chi connectivity index (χ4v) is 2.94. The largest absolute Gasteiger partial charge is 0.497 e. The molecular weight excluding hydrogens is 284 g/mol. The topological polar surface area (TPSA) is 42.4 Å². The molecule has 1 aromatic carbocycles. The van der Waals surface area contributed by atoms with Crippen LogP contribution in [0.3, 0.4) is 0 Å². The minimum atomic E-state index is 0.108. The van der Waals surface area contributed by atoms with E-state index in [0.29, 0.717) is 6.04 Å². The van der Waals surface area contributed by atoms with E-state index in [-0.39, 0.29) is 5.91 Å². The highest BCUT2D eigenvalue weighted by Crippen LogP contribution is 2.29. The molecule has 1 aliphatic carbocycles. The molecule has 3 rings (SSSR count). The van der Waals surface area contributed by atoms with Gasteiger partial charge in [-0.1, -0.05) is 0 Å². The molecule has 4 nitrogen and oxygen atoms in total. The number of rotatable bonds is 6. The number of hydrogen-bond donors (Lipinski definition) is 0. The Balaban J connectivity index is 1.68. The SMILES string of the molecule is COc1ccc(C(=O)N(CCc2nccs2)C2CC2)cc1. The average molecular weight is 302 g/mol. The molecule has 0 aliphatic heterocycles. The number of carbonyl (C=O) groups is 1. The van der Waals surface area contributed by atoms with Gasteiger partial charge in [0.05, 0.1) is 12.1 Å².